The number of halogens is 1. The lowest BCUT2D eigenvalue weighted by atomic mass is 10.1. The van der Waals surface area contributed by atoms with Crippen LogP contribution in [0.1, 0.15) is 16.8 Å². The summed E-state index contributed by atoms with van der Waals surface area (Å²) in [6, 6.07) is 14.3. The van der Waals surface area contributed by atoms with Crippen LogP contribution in [0.3, 0.4) is 0 Å². The predicted octanol–water partition coefficient (Wildman–Crippen LogP) is 3.35. The van der Waals surface area contributed by atoms with Gasteiger partial charge in [0, 0.05) is 40.6 Å². The van der Waals surface area contributed by atoms with Crippen LogP contribution in [0.5, 0.6) is 0 Å². The van der Waals surface area contributed by atoms with Crippen LogP contribution in [-0.2, 0) is 17.8 Å². The smallest absolute Gasteiger partial charge is 0.257 e. The van der Waals surface area contributed by atoms with Crippen molar-refractivity contribution >= 4 is 23.2 Å². The number of aliphatic hydroxyl groups is 1. The normalized spacial score (nSPS) is 10.8. The molecule has 3 rings (SSSR count). The number of nitrogens with zero attached hydrogens (tertiary/aromatic N) is 2. The van der Waals surface area contributed by atoms with Crippen molar-refractivity contribution in [2.75, 3.05) is 11.9 Å². The van der Waals surface area contributed by atoms with Crippen LogP contribution < -0.4 is 10.9 Å². The first kappa shape index (κ1) is 20.8. The van der Waals surface area contributed by atoms with Crippen molar-refractivity contribution in [2.24, 2.45) is 0 Å². The first-order chi connectivity index (χ1) is 13.9. The average Bonchev–Trinajstić information content (AvgIpc) is 2.69. The number of amides is 1. The number of rotatable bonds is 6. The van der Waals surface area contributed by atoms with Gasteiger partial charge < -0.3 is 10.4 Å². The Kier molecular flexibility index (Phi) is 6.46. The van der Waals surface area contributed by atoms with Crippen LogP contribution in [0.2, 0.25) is 5.02 Å². The maximum Gasteiger partial charge on any atom is 0.257 e. The fourth-order valence-electron chi connectivity index (χ4n) is 3.05. The molecule has 1 amide bonds. The first-order valence-electron chi connectivity index (χ1n) is 9.22. The largest absolute Gasteiger partial charge is 0.396 e. The predicted molar refractivity (Wildman–Crippen MR) is 114 cm³/mol. The van der Waals surface area contributed by atoms with Gasteiger partial charge in [0.2, 0.25) is 5.91 Å². The van der Waals surface area contributed by atoms with Crippen molar-refractivity contribution in [3.05, 3.63) is 80.7 Å². The van der Waals surface area contributed by atoms with Crippen LogP contribution in [-0.4, -0.2) is 27.2 Å². The summed E-state index contributed by atoms with van der Waals surface area (Å²) in [7, 11) is 0. The summed E-state index contributed by atoms with van der Waals surface area (Å²) >= 11 is 5.97. The first-order valence-corrected chi connectivity index (χ1v) is 9.60. The van der Waals surface area contributed by atoms with Crippen LogP contribution in [0.15, 0.2) is 53.3 Å². The molecule has 0 saturated heterocycles. The van der Waals surface area contributed by atoms with Crippen molar-refractivity contribution in [1.29, 1.82) is 0 Å². The molecule has 2 aromatic carbocycles. The Bertz CT molecular complexity index is 1070. The zero-order valence-electron chi connectivity index (χ0n) is 16.3. The molecule has 0 fully saturated rings. The second-order valence-corrected chi connectivity index (χ2v) is 7.22. The van der Waals surface area contributed by atoms with Gasteiger partial charge in [0.15, 0.2) is 0 Å². The van der Waals surface area contributed by atoms with E-state index in [1.807, 2.05) is 19.1 Å². The number of carbonyl (C=O) groups is 1. The third-order valence-corrected chi connectivity index (χ3v) is 4.82. The van der Waals surface area contributed by atoms with E-state index in [0.717, 1.165) is 5.56 Å². The molecule has 29 heavy (non-hydrogen) atoms. The minimum Gasteiger partial charge on any atom is -0.396 e. The van der Waals surface area contributed by atoms with Gasteiger partial charge in [0.1, 0.15) is 12.4 Å². The Morgan fingerprint density at radius 1 is 1.10 bits per heavy atom. The van der Waals surface area contributed by atoms with Gasteiger partial charge in [-0.2, -0.15) is 0 Å². The SMILES string of the molecule is Cc1ccc(NC(=O)Cn2c(-c3ccc(Cl)cc3)nc(C)c(CCO)c2=O)cc1. The highest BCUT2D eigenvalue weighted by atomic mass is 35.5. The third-order valence-electron chi connectivity index (χ3n) is 4.57. The van der Waals surface area contributed by atoms with Crippen molar-refractivity contribution in [2.45, 2.75) is 26.8 Å². The molecule has 7 heteroatoms. The summed E-state index contributed by atoms with van der Waals surface area (Å²) in [6.45, 7) is 3.32. The second kappa shape index (κ2) is 9.03. The molecular formula is C22H22ClN3O3. The molecule has 0 aliphatic heterocycles. The number of anilines is 1. The zero-order valence-corrected chi connectivity index (χ0v) is 17.0. The highest BCUT2D eigenvalue weighted by molar-refractivity contribution is 6.30. The number of carbonyl (C=O) groups excluding carboxylic acids is 1. The minimum absolute atomic E-state index is 0.173. The van der Waals surface area contributed by atoms with Crippen molar-refractivity contribution < 1.29 is 9.90 Å². The van der Waals surface area contributed by atoms with Crippen molar-refractivity contribution in [3.63, 3.8) is 0 Å². The molecule has 1 heterocycles. The van der Waals surface area contributed by atoms with Crippen LogP contribution in [0, 0.1) is 13.8 Å². The van der Waals surface area contributed by atoms with E-state index in [1.165, 1.54) is 4.57 Å². The minimum atomic E-state index is -0.341. The summed E-state index contributed by atoms with van der Waals surface area (Å²) < 4.78 is 1.34. The Balaban J connectivity index is 2.01. The van der Waals surface area contributed by atoms with Crippen LogP contribution in [0.25, 0.3) is 11.4 Å². The number of aliphatic hydroxyl groups excluding tert-OH is 1. The van der Waals surface area contributed by atoms with Crippen LogP contribution >= 0.6 is 11.6 Å². The highest BCUT2D eigenvalue weighted by Crippen LogP contribution is 2.20. The van der Waals surface area contributed by atoms with E-state index >= 15 is 0 Å². The van der Waals surface area contributed by atoms with Gasteiger partial charge in [-0.05, 0) is 50.2 Å². The van der Waals surface area contributed by atoms with Gasteiger partial charge >= 0.3 is 0 Å². The molecule has 0 aliphatic carbocycles. The highest BCUT2D eigenvalue weighted by Gasteiger charge is 2.17. The molecule has 0 aliphatic rings. The molecule has 0 radical (unpaired) electrons. The molecule has 0 saturated carbocycles. The second-order valence-electron chi connectivity index (χ2n) is 6.79. The molecule has 3 aromatic rings. The van der Waals surface area contributed by atoms with E-state index in [2.05, 4.69) is 10.3 Å². The Morgan fingerprint density at radius 2 is 1.76 bits per heavy atom. The van der Waals surface area contributed by atoms with Gasteiger partial charge in [0.25, 0.3) is 5.56 Å². The molecule has 0 atom stereocenters. The molecule has 0 spiro atoms. The molecule has 0 bridgehead atoms. The average molecular weight is 412 g/mol. The number of benzene rings is 2. The lowest BCUT2D eigenvalue weighted by Gasteiger charge is -2.16. The topological polar surface area (TPSA) is 84.2 Å². The van der Waals surface area contributed by atoms with Gasteiger partial charge in [-0.15, -0.1) is 0 Å². The van der Waals surface area contributed by atoms with E-state index < -0.39 is 0 Å². The monoisotopic (exact) mass is 411 g/mol. The summed E-state index contributed by atoms with van der Waals surface area (Å²) in [5.41, 5.74) is 3.00. The van der Waals surface area contributed by atoms with Crippen molar-refractivity contribution in [1.82, 2.24) is 9.55 Å². The molecule has 150 valence electrons. The van der Waals surface area contributed by atoms with Gasteiger partial charge in [-0.3, -0.25) is 14.2 Å². The maximum absolute atomic E-state index is 13.1. The lowest BCUT2D eigenvalue weighted by molar-refractivity contribution is -0.116. The number of hydrogen-bond acceptors (Lipinski definition) is 4. The van der Waals surface area contributed by atoms with Gasteiger partial charge in [-0.1, -0.05) is 29.3 Å². The molecule has 6 nitrogen and oxygen atoms in total. The van der Waals surface area contributed by atoms with E-state index in [9.17, 15) is 14.7 Å². The summed E-state index contributed by atoms with van der Waals surface area (Å²) in [5, 5.41) is 12.7. The maximum atomic E-state index is 13.1. The summed E-state index contributed by atoms with van der Waals surface area (Å²) in [5.74, 6) is 0.0386. The zero-order chi connectivity index (χ0) is 21.0. The standard InChI is InChI=1S/C22H22ClN3O3/c1-14-3-9-18(10-4-14)25-20(28)13-26-21(16-5-7-17(23)8-6-16)24-15(2)19(11-12-27)22(26)29/h3-10,27H,11-13H2,1-2H3,(H,25,28). The lowest BCUT2D eigenvalue weighted by Crippen LogP contribution is -2.33. The Labute approximate surface area is 173 Å². The molecular weight excluding hydrogens is 390 g/mol. The van der Waals surface area contributed by atoms with Gasteiger partial charge in [-0.25, -0.2) is 4.98 Å². The Hall–Kier alpha value is -2.96. The Morgan fingerprint density at radius 3 is 2.38 bits per heavy atom. The quantitative estimate of drug-likeness (QED) is 0.651. The van der Waals surface area contributed by atoms with E-state index in [0.29, 0.717) is 33.4 Å². The molecule has 2 N–H and O–H groups in total. The summed E-state index contributed by atoms with van der Waals surface area (Å²) in [6.07, 6.45) is 0.179. The van der Waals surface area contributed by atoms with Crippen molar-refractivity contribution in [3.8, 4) is 11.4 Å². The number of hydrogen-bond donors (Lipinski definition) is 2. The summed E-state index contributed by atoms with van der Waals surface area (Å²) in [4.78, 5) is 30.3. The fraction of sp³-hybridized carbons (Fsp3) is 0.227. The van der Waals surface area contributed by atoms with E-state index in [4.69, 9.17) is 11.6 Å². The number of nitrogens with one attached hydrogen (secondary N) is 1. The fourth-order valence-corrected chi connectivity index (χ4v) is 3.17. The number of aromatic nitrogens is 2. The molecule has 0 unspecified atom stereocenters. The molecule has 1 aromatic heterocycles. The number of aryl methyl sites for hydroxylation is 2. The van der Waals surface area contributed by atoms with Crippen LogP contribution in [0.4, 0.5) is 5.69 Å². The van der Waals surface area contributed by atoms with E-state index in [1.54, 1.807) is 43.3 Å². The van der Waals surface area contributed by atoms with E-state index in [-0.39, 0.29) is 31.0 Å². The van der Waals surface area contributed by atoms with Gasteiger partial charge in [0.05, 0.1) is 0 Å². The third kappa shape index (κ3) is 4.91.